The molecule has 1 aliphatic rings. The summed E-state index contributed by atoms with van der Waals surface area (Å²) in [5.41, 5.74) is -0.715. The molecule has 2 unspecified atom stereocenters. The highest BCUT2D eigenvalue weighted by molar-refractivity contribution is 7.91. The second kappa shape index (κ2) is 4.87. The van der Waals surface area contributed by atoms with E-state index in [1.54, 1.807) is 20.8 Å². The molecular formula is C11H19NO5S. The lowest BCUT2D eigenvalue weighted by atomic mass is 9.80. The molecule has 2 atom stereocenters. The van der Waals surface area contributed by atoms with Crippen LogP contribution in [0, 0.1) is 11.3 Å². The quantitative estimate of drug-likeness (QED) is 0.709. The molecule has 0 aromatic rings. The second-order valence-electron chi connectivity index (χ2n) is 5.75. The van der Waals surface area contributed by atoms with E-state index in [0.29, 0.717) is 6.42 Å². The maximum atomic E-state index is 11.9. The Hall–Kier alpha value is -1.11. The molecule has 0 radical (unpaired) electrons. The number of amides is 1. The first-order chi connectivity index (χ1) is 8.03. The van der Waals surface area contributed by atoms with Gasteiger partial charge in [0.2, 0.25) is 5.91 Å². The molecule has 0 aromatic carbocycles. The van der Waals surface area contributed by atoms with Gasteiger partial charge in [0.15, 0.2) is 9.84 Å². The maximum absolute atomic E-state index is 11.9. The summed E-state index contributed by atoms with van der Waals surface area (Å²) in [5.74, 6) is -3.04. The molecule has 1 rings (SSSR count). The molecule has 18 heavy (non-hydrogen) atoms. The molecular weight excluding hydrogens is 258 g/mol. The SMILES string of the molecule is CC(C)(C)C(C(=O)O)C(=O)NC1CCS(=O)(=O)C1. The van der Waals surface area contributed by atoms with Crippen molar-refractivity contribution in [3.05, 3.63) is 0 Å². The standard InChI is InChI=1S/C11H19NO5S/c1-11(2,3)8(10(14)15)9(13)12-7-4-5-18(16,17)6-7/h7-8H,4-6H2,1-3H3,(H,12,13)(H,14,15). The molecule has 1 fully saturated rings. The maximum Gasteiger partial charge on any atom is 0.316 e. The van der Waals surface area contributed by atoms with Crippen molar-refractivity contribution in [1.29, 1.82) is 0 Å². The van der Waals surface area contributed by atoms with E-state index in [9.17, 15) is 18.0 Å². The van der Waals surface area contributed by atoms with Crippen molar-refractivity contribution in [2.24, 2.45) is 11.3 Å². The summed E-state index contributed by atoms with van der Waals surface area (Å²) >= 11 is 0. The van der Waals surface area contributed by atoms with Crippen molar-refractivity contribution >= 4 is 21.7 Å². The highest BCUT2D eigenvalue weighted by Crippen LogP contribution is 2.26. The Labute approximate surface area is 107 Å². The first kappa shape index (κ1) is 14.9. The number of hydrogen-bond donors (Lipinski definition) is 2. The number of carboxylic acid groups (broad SMARTS) is 1. The smallest absolute Gasteiger partial charge is 0.316 e. The van der Waals surface area contributed by atoms with E-state index in [4.69, 9.17) is 5.11 Å². The Morgan fingerprint density at radius 3 is 2.22 bits per heavy atom. The molecule has 6 nitrogen and oxygen atoms in total. The lowest BCUT2D eigenvalue weighted by molar-refractivity contribution is -0.151. The minimum atomic E-state index is -3.08. The second-order valence-corrected chi connectivity index (χ2v) is 7.97. The molecule has 0 aliphatic carbocycles. The molecule has 0 aromatic heterocycles. The van der Waals surface area contributed by atoms with Gasteiger partial charge in [-0.2, -0.15) is 0 Å². The van der Waals surface area contributed by atoms with Crippen molar-refractivity contribution in [2.45, 2.75) is 33.2 Å². The minimum absolute atomic E-state index is 0.0468. The molecule has 1 heterocycles. The third kappa shape index (κ3) is 3.69. The van der Waals surface area contributed by atoms with Gasteiger partial charge in [0.1, 0.15) is 5.92 Å². The predicted molar refractivity (Wildman–Crippen MR) is 65.8 cm³/mol. The Morgan fingerprint density at radius 2 is 1.89 bits per heavy atom. The molecule has 1 amide bonds. The van der Waals surface area contributed by atoms with Crippen LogP contribution in [0.1, 0.15) is 27.2 Å². The molecule has 1 saturated heterocycles. The normalized spacial score (nSPS) is 24.5. The van der Waals surface area contributed by atoms with Gasteiger partial charge in [-0.3, -0.25) is 9.59 Å². The van der Waals surface area contributed by atoms with Gasteiger partial charge in [0, 0.05) is 6.04 Å². The molecule has 0 spiro atoms. The number of hydrogen-bond acceptors (Lipinski definition) is 4. The van der Waals surface area contributed by atoms with E-state index in [1.165, 1.54) is 0 Å². The van der Waals surface area contributed by atoms with Gasteiger partial charge in [-0.05, 0) is 11.8 Å². The summed E-state index contributed by atoms with van der Waals surface area (Å²) in [7, 11) is -3.08. The Kier molecular flexibility index (Phi) is 4.05. The monoisotopic (exact) mass is 277 g/mol. The first-order valence-electron chi connectivity index (χ1n) is 5.76. The molecule has 0 bridgehead atoms. The van der Waals surface area contributed by atoms with E-state index in [2.05, 4.69) is 5.32 Å². The third-order valence-electron chi connectivity index (χ3n) is 2.95. The Bertz CT molecular complexity index is 449. The van der Waals surface area contributed by atoms with Gasteiger partial charge in [-0.25, -0.2) is 8.42 Å². The van der Waals surface area contributed by atoms with Gasteiger partial charge in [0.05, 0.1) is 11.5 Å². The van der Waals surface area contributed by atoms with E-state index in [0.717, 1.165) is 0 Å². The van der Waals surface area contributed by atoms with Crippen LogP contribution in [0.25, 0.3) is 0 Å². The van der Waals surface area contributed by atoms with Gasteiger partial charge >= 0.3 is 5.97 Å². The third-order valence-corrected chi connectivity index (χ3v) is 4.72. The van der Waals surface area contributed by atoms with Gasteiger partial charge in [0.25, 0.3) is 0 Å². The number of carboxylic acids is 1. The molecule has 104 valence electrons. The topological polar surface area (TPSA) is 101 Å². The van der Waals surface area contributed by atoms with Crippen molar-refractivity contribution in [1.82, 2.24) is 5.32 Å². The summed E-state index contributed by atoms with van der Waals surface area (Å²) in [5, 5.41) is 11.6. The number of carbonyl (C=O) groups excluding carboxylic acids is 1. The van der Waals surface area contributed by atoms with Gasteiger partial charge in [-0.15, -0.1) is 0 Å². The summed E-state index contributed by atoms with van der Waals surface area (Å²) in [6.07, 6.45) is 0.352. The zero-order valence-corrected chi connectivity index (χ0v) is 11.6. The lowest BCUT2D eigenvalue weighted by Crippen LogP contribution is -2.46. The van der Waals surface area contributed by atoms with Crippen LogP contribution in [0.3, 0.4) is 0 Å². The summed E-state index contributed by atoms with van der Waals surface area (Å²) in [6, 6.07) is -0.466. The minimum Gasteiger partial charge on any atom is -0.481 e. The number of sulfone groups is 1. The van der Waals surface area contributed by atoms with Crippen molar-refractivity contribution in [2.75, 3.05) is 11.5 Å². The fourth-order valence-corrected chi connectivity index (χ4v) is 3.74. The van der Waals surface area contributed by atoms with E-state index < -0.39 is 39.1 Å². The zero-order chi connectivity index (χ0) is 14.1. The average molecular weight is 277 g/mol. The number of nitrogens with one attached hydrogen (secondary N) is 1. The predicted octanol–water partition coefficient (Wildman–Crippen LogP) is 0.0366. The van der Waals surface area contributed by atoms with Gasteiger partial charge < -0.3 is 10.4 Å². The average Bonchev–Trinajstić information content (AvgIpc) is 2.41. The van der Waals surface area contributed by atoms with Crippen LogP contribution in [0.15, 0.2) is 0 Å². The highest BCUT2D eigenvalue weighted by Gasteiger charge is 2.39. The fourth-order valence-electron chi connectivity index (χ4n) is 2.07. The molecule has 2 N–H and O–H groups in total. The zero-order valence-electron chi connectivity index (χ0n) is 10.8. The molecule has 7 heteroatoms. The van der Waals surface area contributed by atoms with Crippen LogP contribution in [-0.2, 0) is 19.4 Å². The summed E-state index contributed by atoms with van der Waals surface area (Å²) < 4.78 is 22.5. The lowest BCUT2D eigenvalue weighted by Gasteiger charge is -2.27. The molecule has 0 saturated carbocycles. The van der Waals surface area contributed by atoms with E-state index in [1.807, 2.05) is 0 Å². The van der Waals surface area contributed by atoms with Crippen LogP contribution in [0.4, 0.5) is 0 Å². The number of aliphatic carboxylic acids is 1. The van der Waals surface area contributed by atoms with Crippen molar-refractivity contribution in [3.8, 4) is 0 Å². The molecule has 1 aliphatic heterocycles. The fraction of sp³-hybridized carbons (Fsp3) is 0.818. The summed E-state index contributed by atoms with van der Waals surface area (Å²) in [4.78, 5) is 23.0. The number of carbonyl (C=O) groups is 2. The Balaban J connectivity index is 2.73. The van der Waals surface area contributed by atoms with Crippen LogP contribution in [0.5, 0.6) is 0 Å². The van der Waals surface area contributed by atoms with Crippen molar-refractivity contribution < 1.29 is 23.1 Å². The van der Waals surface area contributed by atoms with Crippen molar-refractivity contribution in [3.63, 3.8) is 0 Å². The van der Waals surface area contributed by atoms with E-state index in [-0.39, 0.29) is 11.5 Å². The van der Waals surface area contributed by atoms with Crippen LogP contribution < -0.4 is 5.32 Å². The van der Waals surface area contributed by atoms with E-state index >= 15 is 0 Å². The first-order valence-corrected chi connectivity index (χ1v) is 7.59. The van der Waals surface area contributed by atoms with Crippen LogP contribution >= 0.6 is 0 Å². The highest BCUT2D eigenvalue weighted by atomic mass is 32.2. The van der Waals surface area contributed by atoms with Crippen LogP contribution in [-0.4, -0.2) is 42.9 Å². The van der Waals surface area contributed by atoms with Crippen LogP contribution in [0.2, 0.25) is 0 Å². The largest absolute Gasteiger partial charge is 0.481 e. The Morgan fingerprint density at radius 1 is 1.33 bits per heavy atom. The number of rotatable bonds is 3. The summed E-state index contributed by atoms with van der Waals surface area (Å²) in [6.45, 7) is 4.99. The van der Waals surface area contributed by atoms with Gasteiger partial charge in [-0.1, -0.05) is 20.8 Å².